The van der Waals surface area contributed by atoms with Gasteiger partial charge in [-0.2, -0.15) is 5.06 Å². The third kappa shape index (κ3) is 2.60. The Labute approximate surface area is 126 Å². The summed E-state index contributed by atoms with van der Waals surface area (Å²) in [5.74, 6) is 0.585. The summed E-state index contributed by atoms with van der Waals surface area (Å²) in [6.07, 6.45) is 0. The van der Waals surface area contributed by atoms with E-state index in [0.717, 1.165) is 11.1 Å². The fraction of sp³-hybridized carbons (Fsp3) is 0.133. The number of carbonyl (C=O) groups is 1. The predicted molar refractivity (Wildman–Crippen MR) is 81.9 cm³/mol. The molecule has 5 nitrogen and oxygen atoms in total. The van der Waals surface area contributed by atoms with Gasteiger partial charge in [0.1, 0.15) is 4.88 Å². The minimum atomic E-state index is -0.626. The number of thiophene rings is 1. The highest BCUT2D eigenvalue weighted by Crippen LogP contribution is 2.40. The maximum Gasteiger partial charge on any atom is 0.296 e. The molecule has 1 amide bonds. The molecule has 2 heterocycles. The van der Waals surface area contributed by atoms with Crippen LogP contribution in [0.2, 0.25) is 0 Å². The highest BCUT2D eigenvalue weighted by atomic mass is 32.1. The van der Waals surface area contributed by atoms with Crippen molar-refractivity contribution in [3.05, 3.63) is 46.4 Å². The maximum absolute atomic E-state index is 11.9. The van der Waals surface area contributed by atoms with Crippen molar-refractivity contribution in [2.24, 2.45) is 0 Å². The topological polar surface area (TPSA) is 69.6 Å². The monoisotopic (exact) mass is 302 g/mol. The number of hydrogen-bond acceptors (Lipinski definition) is 5. The van der Waals surface area contributed by atoms with Crippen molar-refractivity contribution in [2.45, 2.75) is 13.8 Å². The van der Waals surface area contributed by atoms with Gasteiger partial charge in [-0.05, 0) is 5.56 Å². The van der Waals surface area contributed by atoms with Crippen molar-refractivity contribution in [2.75, 3.05) is 5.32 Å². The zero-order valence-corrected chi connectivity index (χ0v) is 12.4. The van der Waals surface area contributed by atoms with Gasteiger partial charge in [0.15, 0.2) is 5.94 Å². The second-order valence-electron chi connectivity index (χ2n) is 3.91. The van der Waals surface area contributed by atoms with Gasteiger partial charge in [-0.3, -0.25) is 10.0 Å². The largest absolute Gasteiger partial charge is 0.328 e. The summed E-state index contributed by atoms with van der Waals surface area (Å²) in [6, 6.07) is 9.49. The molecule has 0 atom stereocenters. The average molecular weight is 302 g/mol. The molecular formula is C15H14N2O3S. The van der Waals surface area contributed by atoms with E-state index in [1.165, 1.54) is 17.3 Å². The molecule has 0 unspecified atom stereocenters. The molecule has 0 saturated carbocycles. The highest BCUT2D eigenvalue weighted by molar-refractivity contribution is 7.13. The van der Waals surface area contributed by atoms with Crippen molar-refractivity contribution in [1.29, 1.82) is 0 Å². The van der Waals surface area contributed by atoms with Crippen LogP contribution in [0.5, 0.6) is 0 Å². The fourth-order valence-corrected chi connectivity index (χ4v) is 2.86. The summed E-state index contributed by atoms with van der Waals surface area (Å²) in [4.78, 5) is 23.0. The van der Waals surface area contributed by atoms with Crippen LogP contribution in [0.4, 0.5) is 5.69 Å². The Hall–Kier alpha value is -2.40. The number of benzene rings is 1. The summed E-state index contributed by atoms with van der Waals surface area (Å²) in [5.41, 5.74) is 2.27. The van der Waals surface area contributed by atoms with Gasteiger partial charge in [0.05, 0.1) is 5.69 Å². The first-order valence-electron chi connectivity index (χ1n) is 6.44. The van der Waals surface area contributed by atoms with E-state index >= 15 is 0 Å². The molecular weight excluding hydrogens is 288 g/mol. The van der Waals surface area contributed by atoms with Crippen molar-refractivity contribution in [3.8, 4) is 11.1 Å². The first kappa shape index (κ1) is 15.0. The molecule has 1 aliphatic rings. The smallest absolute Gasteiger partial charge is 0.296 e. The minimum absolute atomic E-state index is 0.278. The van der Waals surface area contributed by atoms with Gasteiger partial charge in [0.2, 0.25) is 5.82 Å². The number of carbonyl (C=O) groups excluding carboxylic acids is 2. The molecule has 1 aromatic heterocycles. The number of rotatable bonds is 1. The van der Waals surface area contributed by atoms with Gasteiger partial charge >= 0.3 is 0 Å². The van der Waals surface area contributed by atoms with Gasteiger partial charge in [-0.25, -0.2) is 4.79 Å². The molecule has 1 aromatic carbocycles. The van der Waals surface area contributed by atoms with Crippen LogP contribution in [0.25, 0.3) is 11.1 Å². The van der Waals surface area contributed by atoms with Crippen LogP contribution in [0.15, 0.2) is 41.5 Å². The molecule has 3 rings (SSSR count). The molecule has 6 heteroatoms. The quantitative estimate of drug-likeness (QED) is 0.626. The lowest BCUT2D eigenvalue weighted by atomic mass is 10.1. The van der Waals surface area contributed by atoms with Gasteiger partial charge in [-0.1, -0.05) is 44.2 Å². The Morgan fingerprint density at radius 2 is 1.90 bits per heavy atom. The number of anilines is 1. The second-order valence-corrected chi connectivity index (χ2v) is 4.79. The van der Waals surface area contributed by atoms with Gasteiger partial charge in [0.25, 0.3) is 5.91 Å². The minimum Gasteiger partial charge on any atom is -0.328 e. The summed E-state index contributed by atoms with van der Waals surface area (Å²) >= 11 is 1.21. The first-order valence-corrected chi connectivity index (χ1v) is 7.32. The Balaban J connectivity index is 0.000000774. The van der Waals surface area contributed by atoms with Crippen molar-refractivity contribution >= 4 is 28.9 Å². The van der Waals surface area contributed by atoms with Crippen LogP contribution >= 0.6 is 11.3 Å². The van der Waals surface area contributed by atoms with Crippen LogP contribution in [0.1, 0.15) is 23.5 Å². The number of hydroxylamine groups is 2. The van der Waals surface area contributed by atoms with Gasteiger partial charge < -0.3 is 5.32 Å². The SMILES string of the molecule is CC.O=C=C1Nc2c(-c3ccccc3)csc2C(=O)N1O. The molecule has 0 aliphatic carbocycles. The van der Waals surface area contributed by atoms with Crippen LogP contribution in [0.3, 0.4) is 0 Å². The lowest BCUT2D eigenvalue weighted by Crippen LogP contribution is -2.34. The maximum atomic E-state index is 11.9. The molecule has 0 spiro atoms. The van der Waals surface area contributed by atoms with E-state index in [1.54, 1.807) is 0 Å². The zero-order valence-electron chi connectivity index (χ0n) is 11.6. The van der Waals surface area contributed by atoms with Crippen molar-refractivity contribution in [1.82, 2.24) is 5.06 Å². The van der Waals surface area contributed by atoms with E-state index in [4.69, 9.17) is 0 Å². The Morgan fingerprint density at radius 1 is 1.24 bits per heavy atom. The Kier molecular flexibility index (Phi) is 4.55. The van der Waals surface area contributed by atoms with E-state index in [0.29, 0.717) is 10.6 Å². The molecule has 0 radical (unpaired) electrons. The normalized spacial score (nSPS) is 12.8. The molecule has 2 N–H and O–H groups in total. The van der Waals surface area contributed by atoms with Crippen LogP contribution in [0, 0.1) is 0 Å². The van der Waals surface area contributed by atoms with E-state index in [2.05, 4.69) is 5.32 Å². The van der Waals surface area contributed by atoms with E-state index in [9.17, 15) is 14.8 Å². The average Bonchev–Trinajstić information content (AvgIpc) is 2.97. The summed E-state index contributed by atoms with van der Waals surface area (Å²) in [7, 11) is 0. The Bertz CT molecular complexity index is 703. The molecule has 0 bridgehead atoms. The van der Waals surface area contributed by atoms with Gasteiger partial charge in [0, 0.05) is 10.9 Å². The molecule has 108 valence electrons. The molecule has 0 fully saturated rings. The lowest BCUT2D eigenvalue weighted by Gasteiger charge is -2.22. The van der Waals surface area contributed by atoms with Crippen LogP contribution in [-0.4, -0.2) is 22.1 Å². The molecule has 2 aromatic rings. The van der Waals surface area contributed by atoms with Crippen molar-refractivity contribution < 1.29 is 14.8 Å². The first-order chi connectivity index (χ1) is 10.2. The number of nitrogens with one attached hydrogen (secondary N) is 1. The zero-order chi connectivity index (χ0) is 15.4. The third-order valence-corrected chi connectivity index (χ3v) is 3.78. The second kappa shape index (κ2) is 6.37. The summed E-state index contributed by atoms with van der Waals surface area (Å²) in [6.45, 7) is 4.00. The summed E-state index contributed by atoms with van der Waals surface area (Å²) < 4.78 is 0. The molecule has 1 aliphatic heterocycles. The van der Waals surface area contributed by atoms with E-state index in [-0.39, 0.29) is 10.9 Å². The predicted octanol–water partition coefficient (Wildman–Crippen LogP) is 3.37. The molecule has 21 heavy (non-hydrogen) atoms. The number of amides is 1. The third-order valence-electron chi connectivity index (χ3n) is 2.81. The number of fused-ring (bicyclic) bond motifs is 1. The highest BCUT2D eigenvalue weighted by Gasteiger charge is 2.31. The van der Waals surface area contributed by atoms with E-state index < -0.39 is 5.91 Å². The summed E-state index contributed by atoms with van der Waals surface area (Å²) in [5, 5.41) is 14.3. The van der Waals surface area contributed by atoms with Gasteiger partial charge in [-0.15, -0.1) is 11.3 Å². The lowest BCUT2D eigenvalue weighted by molar-refractivity contribution is -0.0294. The standard InChI is InChI=1S/C13H8N2O3S.C2H6/c16-6-10-14-11-9(8-4-2-1-3-5-8)7-19-12(11)13(17)15(10)18;1-2/h1-5,7,14,18H;1-2H3. The molecule has 0 saturated heterocycles. The van der Waals surface area contributed by atoms with Crippen LogP contribution in [-0.2, 0) is 4.79 Å². The van der Waals surface area contributed by atoms with Crippen LogP contribution < -0.4 is 5.32 Å². The van der Waals surface area contributed by atoms with E-state index in [1.807, 2.05) is 49.6 Å². The Morgan fingerprint density at radius 3 is 2.52 bits per heavy atom. The number of hydrogen-bond donors (Lipinski definition) is 2. The number of nitrogens with zero attached hydrogens (tertiary/aromatic N) is 1. The fourth-order valence-electron chi connectivity index (χ4n) is 1.91. The van der Waals surface area contributed by atoms with Crippen molar-refractivity contribution in [3.63, 3.8) is 0 Å².